The molecular weight excluding hydrogens is 282 g/mol. The molecule has 1 saturated heterocycles. The Bertz CT molecular complexity index is 557. The molecule has 0 saturated carbocycles. The number of likely N-dealkylation sites (tertiary alicyclic amines) is 1. The average molecular weight is 298 g/mol. The number of hydrogen-bond acceptors (Lipinski definition) is 2. The molecule has 0 aliphatic carbocycles. The summed E-state index contributed by atoms with van der Waals surface area (Å²) in [4.78, 5) is 24.2. The Morgan fingerprint density at radius 2 is 2.05 bits per heavy atom. The molecule has 5 nitrogen and oxygen atoms in total. The van der Waals surface area contributed by atoms with E-state index < -0.39 is 23.8 Å². The Hall–Kier alpha value is -2.18. The maximum Gasteiger partial charge on any atom is 0.321 e. The van der Waals surface area contributed by atoms with E-state index in [1.54, 1.807) is 6.07 Å². The van der Waals surface area contributed by atoms with Crippen LogP contribution in [0.4, 0.5) is 19.3 Å². The van der Waals surface area contributed by atoms with Crippen LogP contribution < -0.4 is 5.32 Å². The highest BCUT2D eigenvalue weighted by Crippen LogP contribution is 2.33. The van der Waals surface area contributed by atoms with Gasteiger partial charge in [-0.2, -0.15) is 0 Å². The number of nitrogens with zero attached hydrogens (tertiary/aromatic N) is 1. The van der Waals surface area contributed by atoms with Gasteiger partial charge in [0.25, 0.3) is 5.92 Å². The summed E-state index contributed by atoms with van der Waals surface area (Å²) in [5, 5.41) is 11.3. The minimum Gasteiger partial charge on any atom is -0.481 e. The van der Waals surface area contributed by atoms with Gasteiger partial charge in [0.1, 0.15) is 0 Å². The monoisotopic (exact) mass is 298 g/mol. The van der Waals surface area contributed by atoms with Crippen LogP contribution in [-0.4, -0.2) is 35.1 Å². The van der Waals surface area contributed by atoms with Gasteiger partial charge in [0.2, 0.25) is 0 Å². The third-order valence-electron chi connectivity index (χ3n) is 3.47. The highest BCUT2D eigenvalue weighted by molar-refractivity contribution is 5.91. The van der Waals surface area contributed by atoms with Gasteiger partial charge >= 0.3 is 12.0 Å². The largest absolute Gasteiger partial charge is 0.481 e. The molecule has 1 aromatic carbocycles. The molecule has 2 N–H and O–H groups in total. The van der Waals surface area contributed by atoms with Crippen molar-refractivity contribution in [3.05, 3.63) is 29.8 Å². The van der Waals surface area contributed by atoms with Crippen LogP contribution in [0.15, 0.2) is 24.3 Å². The third kappa shape index (κ3) is 3.48. The van der Waals surface area contributed by atoms with E-state index in [-0.39, 0.29) is 17.8 Å². The van der Waals surface area contributed by atoms with Crippen molar-refractivity contribution in [1.29, 1.82) is 0 Å². The lowest BCUT2D eigenvalue weighted by molar-refractivity contribution is -0.141. The topological polar surface area (TPSA) is 69.6 Å². The molecule has 114 valence electrons. The first-order chi connectivity index (χ1) is 9.79. The molecule has 0 radical (unpaired) electrons. The van der Waals surface area contributed by atoms with Gasteiger partial charge in [0.15, 0.2) is 0 Å². The maximum absolute atomic E-state index is 13.5. The minimum atomic E-state index is -3.07. The first-order valence-electron chi connectivity index (χ1n) is 6.55. The fourth-order valence-electron chi connectivity index (χ4n) is 2.32. The molecule has 1 atom stereocenters. The molecular formula is C14H16F2N2O3. The number of carboxylic acid groups (broad SMARTS) is 1. The van der Waals surface area contributed by atoms with Crippen molar-refractivity contribution >= 4 is 17.7 Å². The fourth-order valence-corrected chi connectivity index (χ4v) is 2.32. The molecule has 0 bridgehead atoms. The Labute approximate surface area is 120 Å². The zero-order chi connectivity index (χ0) is 15.6. The smallest absolute Gasteiger partial charge is 0.321 e. The van der Waals surface area contributed by atoms with E-state index in [2.05, 4.69) is 5.32 Å². The molecule has 1 aliphatic rings. The van der Waals surface area contributed by atoms with E-state index >= 15 is 0 Å². The van der Waals surface area contributed by atoms with Crippen LogP contribution in [0, 0.1) is 5.92 Å². The van der Waals surface area contributed by atoms with E-state index in [0.717, 1.165) is 6.92 Å². The summed E-state index contributed by atoms with van der Waals surface area (Å²) in [5.41, 5.74) is -0.235. The van der Waals surface area contributed by atoms with Gasteiger partial charge in [-0.3, -0.25) is 4.79 Å². The lowest BCUT2D eigenvalue weighted by Gasteiger charge is -2.20. The molecule has 0 spiro atoms. The van der Waals surface area contributed by atoms with Crippen LogP contribution in [-0.2, 0) is 10.7 Å². The molecule has 7 heteroatoms. The molecule has 1 aromatic rings. The molecule has 2 amide bonds. The lowest BCUT2D eigenvalue weighted by Crippen LogP contribution is -2.34. The number of hydrogen-bond donors (Lipinski definition) is 2. The van der Waals surface area contributed by atoms with Gasteiger partial charge in [-0.15, -0.1) is 0 Å². The number of carboxylic acids is 1. The predicted octanol–water partition coefficient (Wildman–Crippen LogP) is 2.74. The number of para-hydroxylation sites is 1. The molecule has 0 aromatic heterocycles. The number of benzene rings is 1. The second-order valence-electron chi connectivity index (χ2n) is 5.13. The van der Waals surface area contributed by atoms with Crippen LogP contribution in [0.5, 0.6) is 0 Å². The van der Waals surface area contributed by atoms with Crippen LogP contribution >= 0.6 is 0 Å². The van der Waals surface area contributed by atoms with Crippen molar-refractivity contribution in [3.8, 4) is 0 Å². The Morgan fingerprint density at radius 3 is 2.62 bits per heavy atom. The summed E-state index contributed by atoms with van der Waals surface area (Å²) in [7, 11) is 0. The van der Waals surface area contributed by atoms with Gasteiger partial charge in [-0.25, -0.2) is 13.6 Å². The zero-order valence-corrected chi connectivity index (χ0v) is 11.5. The Balaban J connectivity index is 2.09. The van der Waals surface area contributed by atoms with Crippen LogP contribution in [0.1, 0.15) is 18.9 Å². The van der Waals surface area contributed by atoms with E-state index in [1.807, 2.05) is 0 Å². The van der Waals surface area contributed by atoms with Crippen molar-refractivity contribution in [3.63, 3.8) is 0 Å². The van der Waals surface area contributed by atoms with Crippen LogP contribution in [0.2, 0.25) is 0 Å². The van der Waals surface area contributed by atoms with Crippen molar-refractivity contribution in [2.24, 2.45) is 5.92 Å². The second-order valence-corrected chi connectivity index (χ2v) is 5.13. The summed E-state index contributed by atoms with van der Waals surface area (Å²) < 4.78 is 26.9. The quantitative estimate of drug-likeness (QED) is 0.901. The zero-order valence-electron chi connectivity index (χ0n) is 11.5. The van der Waals surface area contributed by atoms with Crippen LogP contribution in [0.25, 0.3) is 0 Å². The van der Waals surface area contributed by atoms with Gasteiger partial charge in [0, 0.05) is 25.6 Å². The number of halogens is 2. The summed E-state index contributed by atoms with van der Waals surface area (Å²) in [6.45, 7) is 1.15. The van der Waals surface area contributed by atoms with E-state index in [9.17, 15) is 18.4 Å². The Morgan fingerprint density at radius 1 is 1.38 bits per heavy atom. The Kier molecular flexibility index (Phi) is 4.11. The summed E-state index contributed by atoms with van der Waals surface area (Å²) in [6, 6.07) is 5.11. The number of anilines is 1. The highest BCUT2D eigenvalue weighted by atomic mass is 19.3. The molecule has 1 fully saturated rings. The van der Waals surface area contributed by atoms with Gasteiger partial charge in [-0.05, 0) is 12.5 Å². The first kappa shape index (κ1) is 15.2. The molecule has 1 unspecified atom stereocenters. The standard InChI is InChI=1S/C14H16F2N2O3/c1-14(15,16)10-4-2-3-5-11(10)17-13(21)18-7-6-9(8-18)12(19)20/h2-5,9H,6-8H2,1H3,(H,17,21)(H,19,20). The molecule has 1 heterocycles. The lowest BCUT2D eigenvalue weighted by atomic mass is 10.1. The van der Waals surface area contributed by atoms with Gasteiger partial charge < -0.3 is 15.3 Å². The number of urea groups is 1. The number of aliphatic carboxylic acids is 1. The number of rotatable bonds is 3. The first-order valence-corrected chi connectivity index (χ1v) is 6.55. The number of amides is 2. The highest BCUT2D eigenvalue weighted by Gasteiger charge is 2.32. The number of alkyl halides is 2. The summed E-state index contributed by atoms with van der Waals surface area (Å²) in [6.07, 6.45) is 0.369. The predicted molar refractivity (Wildman–Crippen MR) is 72.3 cm³/mol. The molecule has 2 rings (SSSR count). The number of carbonyl (C=O) groups is 2. The van der Waals surface area contributed by atoms with Crippen molar-refractivity contribution in [2.75, 3.05) is 18.4 Å². The average Bonchev–Trinajstić information content (AvgIpc) is 2.88. The van der Waals surface area contributed by atoms with Crippen molar-refractivity contribution in [1.82, 2.24) is 4.90 Å². The van der Waals surface area contributed by atoms with Crippen molar-refractivity contribution < 1.29 is 23.5 Å². The summed E-state index contributed by atoms with van der Waals surface area (Å²) >= 11 is 0. The van der Waals surface area contributed by atoms with E-state index in [0.29, 0.717) is 13.0 Å². The van der Waals surface area contributed by atoms with Gasteiger partial charge in [0.05, 0.1) is 11.6 Å². The number of nitrogens with one attached hydrogen (secondary N) is 1. The van der Waals surface area contributed by atoms with E-state index in [1.165, 1.54) is 23.1 Å². The molecule has 1 aliphatic heterocycles. The maximum atomic E-state index is 13.5. The summed E-state index contributed by atoms with van der Waals surface area (Å²) in [5.74, 6) is -4.62. The second kappa shape index (κ2) is 5.67. The van der Waals surface area contributed by atoms with Crippen LogP contribution in [0.3, 0.4) is 0 Å². The van der Waals surface area contributed by atoms with Gasteiger partial charge in [-0.1, -0.05) is 18.2 Å². The number of carbonyl (C=O) groups excluding carboxylic acids is 1. The van der Waals surface area contributed by atoms with Crippen molar-refractivity contribution in [2.45, 2.75) is 19.3 Å². The molecule has 21 heavy (non-hydrogen) atoms. The SMILES string of the molecule is CC(F)(F)c1ccccc1NC(=O)N1CCC(C(=O)O)C1. The normalized spacial score (nSPS) is 18.6. The fraction of sp³-hybridized carbons (Fsp3) is 0.429. The minimum absolute atomic E-state index is 0.0359. The van der Waals surface area contributed by atoms with E-state index in [4.69, 9.17) is 5.11 Å². The third-order valence-corrected chi connectivity index (χ3v) is 3.47.